The molecule has 0 aromatic heterocycles. The molecule has 0 aromatic carbocycles. The molecule has 3 heteroatoms. The summed E-state index contributed by atoms with van der Waals surface area (Å²) in [6, 6.07) is 0. The Bertz CT molecular complexity index is 325. The number of Topliss-reactive ketones (excluding diaryl/α,β-unsaturated/α-hetero) is 1. The van der Waals surface area contributed by atoms with Crippen LogP contribution in [0.2, 0.25) is 0 Å². The summed E-state index contributed by atoms with van der Waals surface area (Å²) in [5.74, 6) is 0.259. The largest absolute Gasteiger partial charge is 0.478 e. The number of allylic oxidation sites excluding steroid dienone is 2. The lowest BCUT2D eigenvalue weighted by molar-refractivity contribution is -0.126. The maximum atomic E-state index is 11.3. The zero-order valence-corrected chi connectivity index (χ0v) is 7.32. The van der Waals surface area contributed by atoms with Gasteiger partial charge in [-0.1, -0.05) is 6.08 Å². The summed E-state index contributed by atoms with van der Waals surface area (Å²) in [6.45, 7) is 1.45. The molecule has 0 radical (unpaired) electrons. The van der Waals surface area contributed by atoms with Crippen molar-refractivity contribution in [1.82, 2.24) is 0 Å². The third-order valence-corrected chi connectivity index (χ3v) is 2.33. The molecule has 0 bridgehead atoms. The van der Waals surface area contributed by atoms with Crippen LogP contribution in [0.4, 0.5) is 0 Å². The third kappa shape index (κ3) is 1.30. The summed E-state index contributed by atoms with van der Waals surface area (Å²) in [6.07, 6.45) is 5.45. The molecule has 1 aliphatic carbocycles. The molecule has 1 aliphatic heterocycles. The molecule has 2 unspecified atom stereocenters. The van der Waals surface area contributed by atoms with Gasteiger partial charge in [0.05, 0.1) is 0 Å². The number of carbonyl (C=O) groups is 2. The first-order valence-corrected chi connectivity index (χ1v) is 4.28. The van der Waals surface area contributed by atoms with E-state index in [0.717, 1.165) is 6.42 Å². The van der Waals surface area contributed by atoms with Crippen LogP contribution in [0, 0.1) is 5.92 Å². The predicted molar refractivity (Wildman–Crippen MR) is 45.9 cm³/mol. The summed E-state index contributed by atoms with van der Waals surface area (Å²) < 4.78 is 5.25. The fourth-order valence-corrected chi connectivity index (χ4v) is 1.64. The second-order valence-corrected chi connectivity index (χ2v) is 3.33. The van der Waals surface area contributed by atoms with Crippen molar-refractivity contribution in [1.29, 1.82) is 0 Å². The topological polar surface area (TPSA) is 43.4 Å². The Labute approximate surface area is 76.1 Å². The Hall–Kier alpha value is -1.38. The van der Waals surface area contributed by atoms with Gasteiger partial charge in [-0.25, -0.2) is 0 Å². The van der Waals surface area contributed by atoms with E-state index in [2.05, 4.69) is 0 Å². The molecule has 0 saturated carbocycles. The van der Waals surface area contributed by atoms with Gasteiger partial charge in [-0.15, -0.1) is 0 Å². The van der Waals surface area contributed by atoms with E-state index < -0.39 is 6.10 Å². The Kier molecular flexibility index (Phi) is 1.79. The normalized spacial score (nSPS) is 30.8. The lowest BCUT2D eigenvalue weighted by Gasteiger charge is -2.18. The zero-order chi connectivity index (χ0) is 9.42. The summed E-state index contributed by atoms with van der Waals surface area (Å²) >= 11 is 0. The number of hydrogen-bond acceptors (Lipinski definition) is 3. The number of rotatable bonds is 1. The van der Waals surface area contributed by atoms with Gasteiger partial charge in [-0.2, -0.15) is 0 Å². The average molecular weight is 178 g/mol. The van der Waals surface area contributed by atoms with Gasteiger partial charge in [0.2, 0.25) is 0 Å². The highest BCUT2D eigenvalue weighted by atomic mass is 16.5. The van der Waals surface area contributed by atoms with Crippen molar-refractivity contribution < 1.29 is 14.3 Å². The minimum Gasteiger partial charge on any atom is -0.478 e. The minimum atomic E-state index is -0.441. The van der Waals surface area contributed by atoms with E-state index in [-0.39, 0.29) is 17.5 Å². The maximum Gasteiger partial charge on any atom is 0.196 e. The summed E-state index contributed by atoms with van der Waals surface area (Å²) in [4.78, 5) is 22.3. The molecule has 0 fully saturated rings. The van der Waals surface area contributed by atoms with Gasteiger partial charge in [-0.3, -0.25) is 9.59 Å². The van der Waals surface area contributed by atoms with Crippen LogP contribution in [0.15, 0.2) is 24.0 Å². The Morgan fingerprint density at radius 2 is 2.38 bits per heavy atom. The Morgan fingerprint density at radius 3 is 3.00 bits per heavy atom. The third-order valence-electron chi connectivity index (χ3n) is 2.33. The van der Waals surface area contributed by atoms with Gasteiger partial charge in [0.25, 0.3) is 0 Å². The van der Waals surface area contributed by atoms with Gasteiger partial charge in [0, 0.05) is 12.8 Å². The van der Waals surface area contributed by atoms with Gasteiger partial charge in [0.1, 0.15) is 0 Å². The molecule has 2 atom stereocenters. The summed E-state index contributed by atoms with van der Waals surface area (Å²) in [5, 5.41) is 0. The molecule has 3 nitrogen and oxygen atoms in total. The van der Waals surface area contributed by atoms with E-state index >= 15 is 0 Å². The van der Waals surface area contributed by atoms with Crippen molar-refractivity contribution >= 4 is 11.6 Å². The molecule has 0 amide bonds. The first kappa shape index (κ1) is 8.23. The SMILES string of the molecule is CC(=O)C1=CC2CC=CC(=O)C2O1. The second kappa shape index (κ2) is 2.83. The van der Waals surface area contributed by atoms with Crippen LogP contribution < -0.4 is 0 Å². The van der Waals surface area contributed by atoms with E-state index in [4.69, 9.17) is 4.74 Å². The van der Waals surface area contributed by atoms with Crippen LogP contribution in [-0.4, -0.2) is 17.7 Å². The van der Waals surface area contributed by atoms with Crippen LogP contribution in [0.25, 0.3) is 0 Å². The quantitative estimate of drug-likeness (QED) is 0.601. The van der Waals surface area contributed by atoms with Gasteiger partial charge < -0.3 is 4.74 Å². The van der Waals surface area contributed by atoms with E-state index in [1.165, 1.54) is 13.0 Å². The molecule has 0 saturated heterocycles. The van der Waals surface area contributed by atoms with E-state index in [1.54, 1.807) is 6.08 Å². The monoisotopic (exact) mass is 178 g/mol. The average Bonchev–Trinajstić information content (AvgIpc) is 2.49. The molecule has 13 heavy (non-hydrogen) atoms. The number of carbonyl (C=O) groups excluding carboxylic acids is 2. The van der Waals surface area contributed by atoms with Crippen molar-refractivity contribution in [2.24, 2.45) is 5.92 Å². The van der Waals surface area contributed by atoms with Gasteiger partial charge in [-0.05, 0) is 18.6 Å². The first-order chi connectivity index (χ1) is 6.18. The Balaban J connectivity index is 2.22. The molecule has 1 heterocycles. The lowest BCUT2D eigenvalue weighted by Crippen LogP contribution is -2.28. The highest BCUT2D eigenvalue weighted by Crippen LogP contribution is 2.30. The maximum absolute atomic E-state index is 11.3. The molecule has 68 valence electrons. The number of hydrogen-bond donors (Lipinski definition) is 0. The molecule has 0 spiro atoms. The number of fused-ring (bicyclic) bond motifs is 1. The summed E-state index contributed by atoms with van der Waals surface area (Å²) in [7, 11) is 0. The fraction of sp³-hybridized carbons (Fsp3) is 0.400. The first-order valence-electron chi connectivity index (χ1n) is 4.28. The summed E-state index contributed by atoms with van der Waals surface area (Å²) in [5.41, 5.74) is 0. The van der Waals surface area contributed by atoms with Crippen molar-refractivity contribution in [3.05, 3.63) is 24.0 Å². The molecule has 2 aliphatic rings. The molecular formula is C10H10O3. The predicted octanol–water partition coefficient (Wildman–Crippen LogP) is 1.00. The van der Waals surface area contributed by atoms with Gasteiger partial charge >= 0.3 is 0 Å². The van der Waals surface area contributed by atoms with Crippen molar-refractivity contribution in [3.8, 4) is 0 Å². The van der Waals surface area contributed by atoms with Gasteiger partial charge in [0.15, 0.2) is 23.4 Å². The fourth-order valence-electron chi connectivity index (χ4n) is 1.64. The van der Waals surface area contributed by atoms with E-state index in [0.29, 0.717) is 5.76 Å². The standard InChI is InChI=1S/C10H10O3/c1-6(11)9-5-7-3-2-4-8(12)10(7)13-9/h2,4-5,7,10H,3H2,1H3. The van der Waals surface area contributed by atoms with Crippen molar-refractivity contribution in [2.45, 2.75) is 19.4 Å². The van der Waals surface area contributed by atoms with Crippen molar-refractivity contribution in [2.75, 3.05) is 0 Å². The van der Waals surface area contributed by atoms with Crippen LogP contribution >= 0.6 is 0 Å². The Morgan fingerprint density at radius 1 is 1.62 bits per heavy atom. The second-order valence-electron chi connectivity index (χ2n) is 3.33. The highest BCUT2D eigenvalue weighted by Gasteiger charge is 2.36. The number of ether oxygens (including phenoxy) is 1. The van der Waals surface area contributed by atoms with E-state index in [9.17, 15) is 9.59 Å². The van der Waals surface area contributed by atoms with Crippen LogP contribution in [0.1, 0.15) is 13.3 Å². The number of ketones is 2. The lowest BCUT2D eigenvalue weighted by atomic mass is 9.91. The van der Waals surface area contributed by atoms with Crippen molar-refractivity contribution in [3.63, 3.8) is 0 Å². The highest BCUT2D eigenvalue weighted by molar-refractivity contribution is 5.98. The van der Waals surface area contributed by atoms with Crippen LogP contribution in [0.3, 0.4) is 0 Å². The molecule has 0 aromatic rings. The van der Waals surface area contributed by atoms with Crippen LogP contribution in [0.5, 0.6) is 0 Å². The van der Waals surface area contributed by atoms with E-state index in [1.807, 2.05) is 6.08 Å². The molecule has 0 N–H and O–H groups in total. The minimum absolute atomic E-state index is 0.0382. The molecular weight excluding hydrogens is 168 g/mol. The molecule has 2 rings (SSSR count). The zero-order valence-electron chi connectivity index (χ0n) is 7.32. The smallest absolute Gasteiger partial charge is 0.196 e. The van der Waals surface area contributed by atoms with Crippen LogP contribution in [-0.2, 0) is 14.3 Å².